The Morgan fingerprint density at radius 2 is 0.944 bits per heavy atom. The molecule has 0 nitrogen and oxygen atoms in total. The van der Waals surface area contributed by atoms with Gasteiger partial charge in [-0.3, -0.25) is 0 Å². The molecule has 2 rings (SSSR count). The Balaban J connectivity index is 0.00000144. The van der Waals surface area contributed by atoms with E-state index in [2.05, 4.69) is 60.7 Å². The summed E-state index contributed by atoms with van der Waals surface area (Å²) in [5.74, 6) is 2.16. The van der Waals surface area contributed by atoms with Gasteiger partial charge in [0.15, 0.2) is 0 Å². The van der Waals surface area contributed by atoms with Crippen molar-refractivity contribution in [2.75, 3.05) is 0 Å². The quantitative estimate of drug-likeness (QED) is 0.362. The monoisotopic (exact) mass is 309 g/mol. The molecule has 5 radical (unpaired) electrons. The highest BCUT2D eigenvalue weighted by Crippen LogP contribution is 2.29. The maximum atomic E-state index is 2.18. The average Bonchev–Trinajstić information content (AvgIpc) is 2.37. The van der Waals surface area contributed by atoms with Crippen molar-refractivity contribution in [3.63, 3.8) is 0 Å². The highest BCUT2D eigenvalue weighted by molar-refractivity contribution is 8.76. The van der Waals surface area contributed by atoms with Gasteiger partial charge in [-0.05, 0) is 11.1 Å². The molecule has 0 spiro atoms. The Bertz CT molecular complexity index is 364. The largest absolute Gasteiger partial charge is 0.0890 e. The van der Waals surface area contributed by atoms with Gasteiger partial charge < -0.3 is 0 Å². The predicted octanol–water partition coefficient (Wildman–Crippen LogP) is 6.28. The molecule has 0 bridgehead atoms. The Morgan fingerprint density at radius 3 is 1.28 bits per heavy atom. The van der Waals surface area contributed by atoms with Crippen molar-refractivity contribution in [3.05, 3.63) is 71.8 Å². The Morgan fingerprint density at radius 1 is 0.611 bits per heavy atom. The molecule has 0 saturated carbocycles. The average molecular weight is 309 g/mol. The molecule has 0 aliphatic heterocycles. The molecule has 0 saturated heterocycles. The van der Waals surface area contributed by atoms with Crippen molar-refractivity contribution in [2.45, 2.75) is 11.5 Å². The van der Waals surface area contributed by atoms with Gasteiger partial charge in [0.2, 0.25) is 0 Å². The minimum atomic E-state index is 0. The van der Waals surface area contributed by atoms with E-state index in [0.29, 0.717) is 0 Å². The zero-order chi connectivity index (χ0) is 11.1. The van der Waals surface area contributed by atoms with Crippen molar-refractivity contribution in [2.24, 2.45) is 0 Å². The molecule has 0 N–H and O–H groups in total. The summed E-state index contributed by atoms with van der Waals surface area (Å²) in [4.78, 5) is 0. The number of hydrogen-bond acceptors (Lipinski definition) is 2. The molecule has 0 atom stereocenters. The second-order valence-electron chi connectivity index (χ2n) is 3.50. The molecular formula is C14H14PS3. The molecule has 4 heteroatoms. The van der Waals surface area contributed by atoms with Crippen LogP contribution in [0.4, 0.5) is 0 Å². The van der Waals surface area contributed by atoms with Gasteiger partial charge in [0.25, 0.3) is 0 Å². The third-order valence-electron chi connectivity index (χ3n) is 2.22. The van der Waals surface area contributed by atoms with E-state index in [1.54, 1.807) is 0 Å². The van der Waals surface area contributed by atoms with Crippen molar-refractivity contribution < 1.29 is 0 Å². The van der Waals surface area contributed by atoms with Gasteiger partial charge in [-0.1, -0.05) is 82.3 Å². The van der Waals surface area contributed by atoms with Crippen molar-refractivity contribution in [1.82, 2.24) is 0 Å². The van der Waals surface area contributed by atoms with Gasteiger partial charge in [0.1, 0.15) is 0 Å². The summed E-state index contributed by atoms with van der Waals surface area (Å²) in [6.45, 7) is 0. The molecule has 0 unspecified atom stereocenters. The molecule has 18 heavy (non-hydrogen) atoms. The van der Waals surface area contributed by atoms with Crippen molar-refractivity contribution in [1.29, 1.82) is 0 Å². The van der Waals surface area contributed by atoms with Crippen LogP contribution in [0.25, 0.3) is 0 Å². The zero-order valence-corrected chi connectivity index (χ0v) is 13.2. The van der Waals surface area contributed by atoms with Crippen LogP contribution in [0, 0.1) is 0 Å². The maximum absolute atomic E-state index is 2.18. The van der Waals surface area contributed by atoms with Gasteiger partial charge in [-0.2, -0.15) is 0 Å². The normalized spacial score (nSPS) is 9.11. The summed E-state index contributed by atoms with van der Waals surface area (Å²) >= 11 is 0. The fraction of sp³-hybridized carbons (Fsp3) is 0.143. The van der Waals surface area contributed by atoms with Crippen LogP contribution < -0.4 is 0 Å². The first kappa shape index (κ1) is 17.9. The summed E-state index contributed by atoms with van der Waals surface area (Å²) < 4.78 is 0. The summed E-state index contributed by atoms with van der Waals surface area (Å²) in [6.07, 6.45) is 0. The molecular weight excluding hydrogens is 295 g/mol. The first-order valence-corrected chi connectivity index (χ1v) is 7.76. The third-order valence-corrected chi connectivity index (χ3v) is 4.50. The SMILES string of the molecule is [P].[S].c1ccc(CSSCc2ccccc2)cc1. The number of rotatable bonds is 5. The molecule has 0 heterocycles. The van der Waals surface area contributed by atoms with Crippen LogP contribution >= 0.6 is 45.0 Å². The van der Waals surface area contributed by atoms with E-state index in [0.717, 1.165) is 11.5 Å². The fourth-order valence-corrected chi connectivity index (χ4v) is 3.51. The minimum Gasteiger partial charge on any atom is -0.0890 e. The second kappa shape index (κ2) is 10.8. The first-order chi connectivity index (χ1) is 7.95. The molecule has 0 aromatic heterocycles. The first-order valence-electron chi connectivity index (χ1n) is 5.27. The standard InChI is InChI=1S/C14H14S2.P.S/c1-3-7-13(8-4-1)11-15-16-12-14-9-5-2-6-10-14;;/h1-10H,11-12H2;;. The molecule has 0 fully saturated rings. The molecule has 0 aliphatic rings. The Hall–Kier alpha value is -0.0800. The van der Waals surface area contributed by atoms with E-state index >= 15 is 0 Å². The van der Waals surface area contributed by atoms with Crippen LogP contribution in [0.5, 0.6) is 0 Å². The number of hydrogen-bond donors (Lipinski definition) is 0. The summed E-state index contributed by atoms with van der Waals surface area (Å²) in [6, 6.07) is 21.2. The lowest BCUT2D eigenvalue weighted by atomic mass is 10.2. The van der Waals surface area contributed by atoms with Crippen LogP contribution in [-0.2, 0) is 11.5 Å². The minimum absolute atomic E-state index is 0. The van der Waals surface area contributed by atoms with Crippen LogP contribution in [-0.4, -0.2) is 0 Å². The van der Waals surface area contributed by atoms with Gasteiger partial charge in [-0.25, -0.2) is 0 Å². The van der Waals surface area contributed by atoms with E-state index in [9.17, 15) is 0 Å². The maximum Gasteiger partial charge on any atom is 0.0288 e. The van der Waals surface area contributed by atoms with Gasteiger partial charge in [-0.15, -0.1) is 0 Å². The lowest BCUT2D eigenvalue weighted by Gasteiger charge is -2.01. The van der Waals surface area contributed by atoms with E-state index < -0.39 is 0 Å². The van der Waals surface area contributed by atoms with Gasteiger partial charge in [0, 0.05) is 34.9 Å². The highest BCUT2D eigenvalue weighted by atomic mass is 33.1. The van der Waals surface area contributed by atoms with Crippen LogP contribution in [0.1, 0.15) is 11.1 Å². The molecule has 93 valence electrons. The Labute approximate surface area is 128 Å². The third kappa shape index (κ3) is 6.75. The van der Waals surface area contributed by atoms with Crippen LogP contribution in [0.3, 0.4) is 0 Å². The molecule has 2 aromatic rings. The lowest BCUT2D eigenvalue weighted by Crippen LogP contribution is -1.78. The number of benzene rings is 2. The van der Waals surface area contributed by atoms with E-state index in [1.807, 2.05) is 21.6 Å². The zero-order valence-electron chi connectivity index (χ0n) is 9.86. The van der Waals surface area contributed by atoms with Gasteiger partial charge >= 0.3 is 0 Å². The van der Waals surface area contributed by atoms with E-state index in [-0.39, 0.29) is 23.4 Å². The lowest BCUT2D eigenvalue weighted by molar-refractivity contribution is 1.42. The van der Waals surface area contributed by atoms with Gasteiger partial charge in [0.05, 0.1) is 0 Å². The molecule has 0 amide bonds. The molecule has 0 aliphatic carbocycles. The second-order valence-corrected chi connectivity index (χ2v) is 5.96. The summed E-state index contributed by atoms with van der Waals surface area (Å²) in [5, 5.41) is 0. The van der Waals surface area contributed by atoms with E-state index in [4.69, 9.17) is 0 Å². The topological polar surface area (TPSA) is 0 Å². The van der Waals surface area contributed by atoms with Crippen LogP contribution in [0.2, 0.25) is 0 Å². The van der Waals surface area contributed by atoms with E-state index in [1.165, 1.54) is 11.1 Å². The van der Waals surface area contributed by atoms with Crippen LogP contribution in [0.15, 0.2) is 60.7 Å². The predicted molar refractivity (Wildman–Crippen MR) is 90.0 cm³/mol. The summed E-state index contributed by atoms with van der Waals surface area (Å²) in [5.41, 5.74) is 2.79. The van der Waals surface area contributed by atoms with Crippen molar-refractivity contribution >= 4 is 45.0 Å². The van der Waals surface area contributed by atoms with Crippen molar-refractivity contribution in [3.8, 4) is 0 Å². The molecule has 2 aromatic carbocycles. The smallest absolute Gasteiger partial charge is 0.0288 e. The Kier molecular flexibility index (Phi) is 10.8. The fourth-order valence-electron chi connectivity index (χ4n) is 1.37. The highest BCUT2D eigenvalue weighted by Gasteiger charge is 1.94. The summed E-state index contributed by atoms with van der Waals surface area (Å²) in [7, 11) is 3.84.